The van der Waals surface area contributed by atoms with Crippen molar-refractivity contribution in [2.75, 3.05) is 30.4 Å². The minimum Gasteiger partial charge on any atom is -0.354 e. The highest BCUT2D eigenvalue weighted by atomic mass is 19.1. The normalized spacial score (nSPS) is 15.1. The molecule has 3 heterocycles. The van der Waals surface area contributed by atoms with Gasteiger partial charge >= 0.3 is 0 Å². The van der Waals surface area contributed by atoms with Crippen LogP contribution >= 0.6 is 0 Å². The predicted octanol–water partition coefficient (Wildman–Crippen LogP) is 4.80. The molecule has 2 aromatic heterocycles. The molecule has 0 N–H and O–H groups in total. The van der Waals surface area contributed by atoms with Crippen LogP contribution in [0, 0.1) is 5.82 Å². The highest BCUT2D eigenvalue weighted by Crippen LogP contribution is 2.27. The summed E-state index contributed by atoms with van der Waals surface area (Å²) in [5.41, 5.74) is 4.81. The van der Waals surface area contributed by atoms with Crippen LogP contribution in [-0.4, -0.2) is 41.1 Å². The zero-order valence-corrected chi connectivity index (χ0v) is 18.2. The van der Waals surface area contributed by atoms with E-state index in [1.807, 2.05) is 47.9 Å². The van der Waals surface area contributed by atoms with E-state index in [-0.39, 0.29) is 5.82 Å². The number of amidine groups is 1. The molecule has 7 heteroatoms. The number of aromatic nitrogens is 3. The number of anilines is 2. The summed E-state index contributed by atoms with van der Waals surface area (Å²) in [7, 11) is 3.81. The largest absolute Gasteiger partial charge is 0.354 e. The topological polar surface area (TPSA) is 49.0 Å². The zero-order chi connectivity index (χ0) is 22.1. The summed E-state index contributed by atoms with van der Waals surface area (Å²) in [5.74, 6) is 1.70. The molecule has 4 aromatic rings. The number of hydrogen-bond acceptors (Lipinski definition) is 4. The van der Waals surface area contributed by atoms with Crippen LogP contribution in [-0.2, 0) is 6.54 Å². The SMILES string of the molecule is C/N=C1\CCCN1c1ccc(-c2cnc3ccc(N(C)Cc4cccc(F)c4)nn23)cc1. The second-order valence-electron chi connectivity index (χ2n) is 8.03. The van der Waals surface area contributed by atoms with E-state index in [1.165, 1.54) is 6.07 Å². The van der Waals surface area contributed by atoms with Gasteiger partial charge in [-0.15, -0.1) is 5.10 Å². The molecule has 0 atom stereocenters. The van der Waals surface area contributed by atoms with Crippen LogP contribution in [0.25, 0.3) is 16.9 Å². The highest BCUT2D eigenvalue weighted by Gasteiger charge is 2.19. The molecule has 0 saturated carbocycles. The number of fused-ring (bicyclic) bond motifs is 1. The van der Waals surface area contributed by atoms with Crippen LogP contribution < -0.4 is 9.80 Å². The monoisotopic (exact) mass is 428 g/mol. The van der Waals surface area contributed by atoms with Crippen LogP contribution in [0.3, 0.4) is 0 Å². The van der Waals surface area contributed by atoms with Crippen molar-refractivity contribution in [1.29, 1.82) is 0 Å². The lowest BCUT2D eigenvalue weighted by Crippen LogP contribution is -2.23. The van der Waals surface area contributed by atoms with Crippen molar-refractivity contribution >= 4 is 23.0 Å². The highest BCUT2D eigenvalue weighted by molar-refractivity contribution is 5.99. The van der Waals surface area contributed by atoms with Gasteiger partial charge in [0.05, 0.1) is 11.9 Å². The van der Waals surface area contributed by atoms with E-state index in [0.29, 0.717) is 6.54 Å². The van der Waals surface area contributed by atoms with E-state index in [2.05, 4.69) is 39.1 Å². The smallest absolute Gasteiger partial charge is 0.154 e. The minimum absolute atomic E-state index is 0.231. The van der Waals surface area contributed by atoms with Gasteiger partial charge < -0.3 is 9.80 Å². The number of nitrogens with zero attached hydrogens (tertiary/aromatic N) is 6. The van der Waals surface area contributed by atoms with E-state index < -0.39 is 0 Å². The van der Waals surface area contributed by atoms with E-state index in [9.17, 15) is 4.39 Å². The third-order valence-electron chi connectivity index (χ3n) is 5.87. The van der Waals surface area contributed by atoms with Gasteiger partial charge in [-0.1, -0.05) is 24.3 Å². The van der Waals surface area contributed by atoms with E-state index >= 15 is 0 Å². The van der Waals surface area contributed by atoms with Crippen LogP contribution in [0.5, 0.6) is 0 Å². The molecule has 0 unspecified atom stereocenters. The lowest BCUT2D eigenvalue weighted by molar-refractivity contribution is 0.625. The van der Waals surface area contributed by atoms with Crippen molar-refractivity contribution in [2.24, 2.45) is 4.99 Å². The van der Waals surface area contributed by atoms with E-state index in [0.717, 1.165) is 59.2 Å². The first kappa shape index (κ1) is 20.2. The Morgan fingerprint density at radius 3 is 2.72 bits per heavy atom. The van der Waals surface area contributed by atoms with Gasteiger partial charge in [-0.2, -0.15) is 0 Å². The Labute approximate surface area is 186 Å². The fourth-order valence-corrected chi connectivity index (χ4v) is 4.24. The third kappa shape index (κ3) is 3.82. The van der Waals surface area contributed by atoms with Gasteiger partial charge in [-0.05, 0) is 48.4 Å². The maximum atomic E-state index is 13.5. The van der Waals surface area contributed by atoms with Gasteiger partial charge in [-0.3, -0.25) is 4.99 Å². The lowest BCUT2D eigenvalue weighted by Gasteiger charge is -2.19. The molecule has 1 aliphatic rings. The predicted molar refractivity (Wildman–Crippen MR) is 127 cm³/mol. The Bertz CT molecular complexity index is 1280. The van der Waals surface area contributed by atoms with Gasteiger partial charge in [0.25, 0.3) is 0 Å². The molecule has 162 valence electrons. The standard InChI is InChI=1S/C25H25FN6/c1-27-23-7-4-14-31(23)21-10-8-19(9-11-21)22-16-28-24-12-13-25(29-32(22)24)30(2)17-18-5-3-6-20(26)15-18/h3,5-6,8-13,15-16H,4,7,14,17H2,1-2H3/b27-23+. The molecule has 1 fully saturated rings. The quantitative estimate of drug-likeness (QED) is 0.458. The summed E-state index contributed by atoms with van der Waals surface area (Å²) in [6.45, 7) is 1.57. The molecule has 0 spiro atoms. The second kappa shape index (κ2) is 8.42. The molecule has 5 rings (SSSR count). The molecular formula is C25H25FN6. The van der Waals surface area contributed by atoms with Crippen molar-refractivity contribution in [3.8, 4) is 11.3 Å². The van der Waals surface area contributed by atoms with Crippen LogP contribution in [0.15, 0.2) is 71.9 Å². The summed E-state index contributed by atoms with van der Waals surface area (Å²) < 4.78 is 15.4. The molecule has 0 bridgehead atoms. The molecule has 2 aromatic carbocycles. The average molecular weight is 429 g/mol. The number of benzene rings is 2. The Morgan fingerprint density at radius 2 is 1.94 bits per heavy atom. The molecule has 32 heavy (non-hydrogen) atoms. The number of rotatable bonds is 5. The van der Waals surface area contributed by atoms with Crippen molar-refractivity contribution in [3.63, 3.8) is 0 Å². The first-order chi connectivity index (χ1) is 15.6. The Hall–Kier alpha value is -3.74. The number of imidazole rings is 1. The third-order valence-corrected chi connectivity index (χ3v) is 5.87. The Balaban J connectivity index is 1.42. The van der Waals surface area contributed by atoms with Gasteiger partial charge in [0.2, 0.25) is 0 Å². The maximum absolute atomic E-state index is 13.5. The molecular weight excluding hydrogens is 403 g/mol. The molecule has 0 aliphatic carbocycles. The number of aliphatic imine (C=N–C) groups is 1. The van der Waals surface area contributed by atoms with E-state index in [1.54, 1.807) is 12.1 Å². The van der Waals surface area contributed by atoms with Gasteiger partial charge in [-0.25, -0.2) is 13.9 Å². The van der Waals surface area contributed by atoms with Crippen LogP contribution in [0.4, 0.5) is 15.9 Å². The van der Waals surface area contributed by atoms with Crippen molar-refractivity contribution < 1.29 is 4.39 Å². The number of halogens is 1. The fraction of sp³-hybridized carbons (Fsp3) is 0.240. The summed E-state index contributed by atoms with van der Waals surface area (Å²) in [6.07, 6.45) is 4.02. The van der Waals surface area contributed by atoms with Gasteiger partial charge in [0.15, 0.2) is 5.65 Å². The zero-order valence-electron chi connectivity index (χ0n) is 18.2. The molecule has 1 aliphatic heterocycles. The second-order valence-corrected chi connectivity index (χ2v) is 8.03. The fourth-order valence-electron chi connectivity index (χ4n) is 4.24. The van der Waals surface area contributed by atoms with Crippen molar-refractivity contribution in [1.82, 2.24) is 14.6 Å². The van der Waals surface area contributed by atoms with Gasteiger partial charge in [0, 0.05) is 44.9 Å². The van der Waals surface area contributed by atoms with Gasteiger partial charge in [0.1, 0.15) is 17.5 Å². The lowest BCUT2D eigenvalue weighted by atomic mass is 10.1. The van der Waals surface area contributed by atoms with Crippen LogP contribution in [0.1, 0.15) is 18.4 Å². The summed E-state index contributed by atoms with van der Waals surface area (Å²) in [5, 5.41) is 4.81. The molecule has 0 radical (unpaired) electrons. The minimum atomic E-state index is -0.231. The molecule has 0 amide bonds. The van der Waals surface area contributed by atoms with E-state index in [4.69, 9.17) is 5.10 Å². The maximum Gasteiger partial charge on any atom is 0.154 e. The molecule has 6 nitrogen and oxygen atoms in total. The first-order valence-corrected chi connectivity index (χ1v) is 10.8. The summed E-state index contributed by atoms with van der Waals surface area (Å²) in [6, 6.07) is 19.0. The Morgan fingerprint density at radius 1 is 1.09 bits per heavy atom. The Kier molecular flexibility index (Phi) is 5.31. The van der Waals surface area contributed by atoms with Crippen LogP contribution in [0.2, 0.25) is 0 Å². The molecule has 1 saturated heterocycles. The van der Waals surface area contributed by atoms with Crippen molar-refractivity contribution in [3.05, 3.63) is 78.2 Å². The summed E-state index contributed by atoms with van der Waals surface area (Å²) in [4.78, 5) is 13.2. The number of hydrogen-bond donors (Lipinski definition) is 0. The van der Waals surface area contributed by atoms with Crippen molar-refractivity contribution in [2.45, 2.75) is 19.4 Å². The summed E-state index contributed by atoms with van der Waals surface area (Å²) >= 11 is 0. The average Bonchev–Trinajstić information content (AvgIpc) is 3.46. The first-order valence-electron chi connectivity index (χ1n) is 10.8.